The average molecular weight is 529 g/mol. The van der Waals surface area contributed by atoms with Gasteiger partial charge in [-0.15, -0.1) is 0 Å². The van der Waals surface area contributed by atoms with E-state index in [0.717, 1.165) is 30.5 Å². The Morgan fingerprint density at radius 2 is 1.73 bits per heavy atom. The second-order valence-corrected chi connectivity index (χ2v) is 10.8. The highest BCUT2D eigenvalue weighted by molar-refractivity contribution is 7.99. The molecule has 196 valence electrons. The molecular formula is C26H29FN4O5S. The lowest BCUT2D eigenvalue weighted by Gasteiger charge is -2.31. The van der Waals surface area contributed by atoms with Crippen molar-refractivity contribution >= 4 is 28.7 Å². The summed E-state index contributed by atoms with van der Waals surface area (Å²) >= 11 is 1.83. The van der Waals surface area contributed by atoms with Gasteiger partial charge < -0.3 is 15.2 Å². The minimum absolute atomic E-state index is 0.0785. The molecule has 0 radical (unpaired) electrons. The van der Waals surface area contributed by atoms with Gasteiger partial charge in [-0.05, 0) is 80.4 Å². The van der Waals surface area contributed by atoms with Gasteiger partial charge in [-0.25, -0.2) is 14.2 Å². The molecule has 0 atom stereocenters. The molecule has 2 aliphatic rings. The normalized spacial score (nSPS) is 20.6. The van der Waals surface area contributed by atoms with E-state index in [1.807, 2.05) is 11.8 Å². The third-order valence-electron chi connectivity index (χ3n) is 7.11. The summed E-state index contributed by atoms with van der Waals surface area (Å²) in [7, 11) is 0. The lowest BCUT2D eigenvalue weighted by atomic mass is 9.91. The minimum Gasteiger partial charge on any atom is -0.508 e. The molecule has 1 aliphatic carbocycles. The maximum atomic E-state index is 14.1. The molecule has 3 heterocycles. The van der Waals surface area contributed by atoms with Crippen LogP contribution in [-0.2, 0) is 4.79 Å². The molecule has 1 aromatic carbocycles. The van der Waals surface area contributed by atoms with E-state index in [1.165, 1.54) is 22.8 Å². The van der Waals surface area contributed by atoms with Crippen LogP contribution >= 0.6 is 11.8 Å². The molecule has 9 nitrogen and oxygen atoms in total. The fourth-order valence-corrected chi connectivity index (χ4v) is 6.32. The molecule has 1 saturated carbocycles. The van der Waals surface area contributed by atoms with Gasteiger partial charge in [0.15, 0.2) is 6.61 Å². The van der Waals surface area contributed by atoms with Crippen LogP contribution in [0.4, 0.5) is 4.39 Å². The fraction of sp³-hybridized carbons (Fsp3) is 0.462. The molecule has 2 N–H and O–H groups in total. The molecule has 0 unspecified atom stereocenters. The second kappa shape index (κ2) is 11.0. The molecular weight excluding hydrogens is 499 g/mol. The van der Waals surface area contributed by atoms with Crippen molar-refractivity contribution in [3.05, 3.63) is 63.2 Å². The smallest absolute Gasteiger partial charge is 0.333 e. The highest BCUT2D eigenvalue weighted by Gasteiger charge is 2.29. The topological polar surface area (TPSA) is 115 Å². The predicted octanol–water partition coefficient (Wildman–Crippen LogP) is 3.15. The number of halogens is 1. The number of thioether (sulfide) groups is 1. The number of hydrogen-bond acceptors (Lipinski definition) is 7. The van der Waals surface area contributed by atoms with Gasteiger partial charge in [-0.2, -0.15) is 11.8 Å². The minimum atomic E-state index is -0.610. The molecule has 1 aliphatic heterocycles. The first-order valence-corrected chi connectivity index (χ1v) is 13.7. The average Bonchev–Trinajstić information content (AvgIpc) is 2.90. The summed E-state index contributed by atoms with van der Waals surface area (Å²) in [5, 5.41) is 12.4. The third-order valence-corrected chi connectivity index (χ3v) is 8.16. The number of benzene rings is 1. The molecule has 0 spiro atoms. The Balaban J connectivity index is 1.31. The number of aromatic hydroxyl groups is 1. The number of phenols is 1. The van der Waals surface area contributed by atoms with Gasteiger partial charge in [0.25, 0.3) is 11.5 Å². The van der Waals surface area contributed by atoms with Gasteiger partial charge in [0.1, 0.15) is 23.0 Å². The van der Waals surface area contributed by atoms with Crippen LogP contribution in [0, 0.1) is 5.82 Å². The van der Waals surface area contributed by atoms with Gasteiger partial charge >= 0.3 is 5.69 Å². The zero-order valence-corrected chi connectivity index (χ0v) is 21.1. The summed E-state index contributed by atoms with van der Waals surface area (Å²) in [6, 6.07) is 6.78. The Hall–Kier alpha value is -3.34. The standard InChI is InChI=1S/C26H29FN4O5S/c27-16-13-22-24(28-14-16)30(19-9-11-37-12-10-19)26(35)31(25(22)34)18-3-1-17(2-4-18)29-23(33)15-36-21-7-5-20(32)6-8-21/h5-8,13-14,17-19,32H,1-4,9-12,15H2,(H,29,33)/t17-,18+. The first kappa shape index (κ1) is 25.3. The summed E-state index contributed by atoms with van der Waals surface area (Å²) in [4.78, 5) is 43.6. The summed E-state index contributed by atoms with van der Waals surface area (Å²) < 4.78 is 22.4. The van der Waals surface area contributed by atoms with Crippen molar-refractivity contribution in [2.24, 2.45) is 0 Å². The van der Waals surface area contributed by atoms with Crippen LogP contribution in [0.3, 0.4) is 0 Å². The number of aromatic nitrogens is 3. The van der Waals surface area contributed by atoms with Crippen molar-refractivity contribution in [1.82, 2.24) is 19.4 Å². The lowest BCUT2D eigenvalue weighted by Crippen LogP contribution is -2.47. The first-order chi connectivity index (χ1) is 17.9. The predicted molar refractivity (Wildman–Crippen MR) is 139 cm³/mol. The van der Waals surface area contributed by atoms with Gasteiger partial charge in [-0.3, -0.25) is 18.7 Å². The van der Waals surface area contributed by atoms with E-state index in [2.05, 4.69) is 10.3 Å². The van der Waals surface area contributed by atoms with Crippen LogP contribution < -0.4 is 21.3 Å². The number of carbonyl (C=O) groups excluding carboxylic acids is 1. The zero-order valence-electron chi connectivity index (χ0n) is 20.3. The molecule has 1 amide bonds. The van der Waals surface area contributed by atoms with E-state index in [4.69, 9.17) is 4.74 Å². The number of fused-ring (bicyclic) bond motifs is 1. The highest BCUT2D eigenvalue weighted by Crippen LogP contribution is 2.30. The SMILES string of the molecule is O=C(COc1ccc(O)cc1)N[C@H]1CC[C@@H](n2c(=O)c3cc(F)cnc3n(C3CCSCC3)c2=O)CC1. The van der Waals surface area contributed by atoms with E-state index >= 15 is 0 Å². The van der Waals surface area contributed by atoms with Crippen LogP contribution in [0.1, 0.15) is 50.6 Å². The number of ether oxygens (including phenoxy) is 1. The molecule has 1 saturated heterocycles. The summed E-state index contributed by atoms with van der Waals surface area (Å²) in [6.45, 7) is -0.155. The fourth-order valence-electron chi connectivity index (χ4n) is 5.24. The van der Waals surface area contributed by atoms with Gasteiger partial charge in [0, 0.05) is 18.1 Å². The van der Waals surface area contributed by atoms with Gasteiger partial charge in [0.05, 0.1) is 11.6 Å². The Bertz CT molecular complexity index is 1390. The largest absolute Gasteiger partial charge is 0.508 e. The van der Waals surface area contributed by atoms with Crippen LogP contribution in [0.25, 0.3) is 11.0 Å². The quantitative estimate of drug-likeness (QED) is 0.505. The molecule has 3 aromatic rings. The van der Waals surface area contributed by atoms with Crippen molar-refractivity contribution in [2.75, 3.05) is 18.1 Å². The number of nitrogens with one attached hydrogen (secondary N) is 1. The van der Waals surface area contributed by atoms with Crippen molar-refractivity contribution in [1.29, 1.82) is 0 Å². The molecule has 37 heavy (non-hydrogen) atoms. The van der Waals surface area contributed by atoms with Crippen LogP contribution in [0.2, 0.25) is 0 Å². The number of rotatable bonds is 6. The molecule has 5 rings (SSSR count). The van der Waals surface area contributed by atoms with E-state index in [-0.39, 0.29) is 53.1 Å². The monoisotopic (exact) mass is 528 g/mol. The van der Waals surface area contributed by atoms with E-state index < -0.39 is 11.4 Å². The van der Waals surface area contributed by atoms with E-state index in [1.54, 1.807) is 16.7 Å². The zero-order chi connectivity index (χ0) is 25.9. The summed E-state index contributed by atoms with van der Waals surface area (Å²) in [5.74, 6) is 1.55. The maximum absolute atomic E-state index is 14.1. The molecule has 0 bridgehead atoms. The number of phenolic OH excluding ortho intramolecular Hbond substituents is 1. The Kier molecular flexibility index (Phi) is 7.50. The molecule has 2 aromatic heterocycles. The van der Waals surface area contributed by atoms with Crippen LogP contribution in [0.5, 0.6) is 11.5 Å². The Morgan fingerprint density at radius 3 is 2.43 bits per heavy atom. The molecule has 11 heteroatoms. The highest BCUT2D eigenvalue weighted by atomic mass is 32.2. The van der Waals surface area contributed by atoms with Crippen molar-refractivity contribution in [3.63, 3.8) is 0 Å². The summed E-state index contributed by atoms with van der Waals surface area (Å²) in [5.41, 5.74) is -0.648. The van der Waals surface area contributed by atoms with Crippen molar-refractivity contribution < 1.29 is 19.0 Å². The van der Waals surface area contributed by atoms with E-state index in [0.29, 0.717) is 31.4 Å². The number of amides is 1. The van der Waals surface area contributed by atoms with Crippen molar-refractivity contribution in [2.45, 2.75) is 56.7 Å². The number of pyridine rings is 1. The Labute approximate surface area is 216 Å². The molecule has 2 fully saturated rings. The second-order valence-electron chi connectivity index (χ2n) is 9.55. The lowest BCUT2D eigenvalue weighted by molar-refractivity contribution is -0.124. The summed E-state index contributed by atoms with van der Waals surface area (Å²) in [6.07, 6.45) is 4.91. The van der Waals surface area contributed by atoms with Crippen LogP contribution in [0.15, 0.2) is 46.1 Å². The third kappa shape index (κ3) is 5.51. The maximum Gasteiger partial charge on any atom is 0.333 e. The van der Waals surface area contributed by atoms with Gasteiger partial charge in [-0.1, -0.05) is 0 Å². The number of hydrogen-bond donors (Lipinski definition) is 2. The van der Waals surface area contributed by atoms with Gasteiger partial charge in [0.2, 0.25) is 0 Å². The van der Waals surface area contributed by atoms with Crippen LogP contribution in [-0.4, -0.2) is 49.3 Å². The Morgan fingerprint density at radius 1 is 1.05 bits per heavy atom. The van der Waals surface area contributed by atoms with E-state index in [9.17, 15) is 23.9 Å². The van der Waals surface area contributed by atoms with Crippen molar-refractivity contribution in [3.8, 4) is 11.5 Å². The number of nitrogens with zero attached hydrogens (tertiary/aromatic N) is 3. The number of carbonyl (C=O) groups is 1. The first-order valence-electron chi connectivity index (χ1n) is 12.5.